The fraction of sp³-hybridized carbons (Fsp3) is 0.500. The van der Waals surface area contributed by atoms with Gasteiger partial charge in [0.25, 0.3) is 0 Å². The molecule has 0 atom stereocenters. The zero-order valence-electron chi connectivity index (χ0n) is 13.0. The molecule has 6 heteroatoms. The molecule has 122 valence electrons. The van der Waals surface area contributed by atoms with Crippen molar-refractivity contribution in [2.24, 2.45) is 0 Å². The van der Waals surface area contributed by atoms with Crippen LogP contribution in [0.2, 0.25) is 5.02 Å². The fourth-order valence-corrected chi connectivity index (χ4v) is 2.23. The fourth-order valence-electron chi connectivity index (χ4n) is 1.98. The molecule has 5 nitrogen and oxygen atoms in total. The van der Waals surface area contributed by atoms with Gasteiger partial charge in [-0.05, 0) is 26.0 Å². The Hall–Kier alpha value is -1.75. The van der Waals surface area contributed by atoms with Crippen LogP contribution in [0.5, 0.6) is 0 Å². The topological polar surface area (TPSA) is 55.8 Å². The molecular weight excluding hydrogens is 306 g/mol. The van der Waals surface area contributed by atoms with Crippen molar-refractivity contribution in [1.82, 2.24) is 0 Å². The molecule has 1 aromatic carbocycles. The van der Waals surface area contributed by atoms with Crippen LogP contribution in [-0.4, -0.2) is 38.2 Å². The minimum absolute atomic E-state index is 0.238. The zero-order valence-corrected chi connectivity index (χ0v) is 13.8. The second kappa shape index (κ2) is 10.1. The minimum Gasteiger partial charge on any atom is -0.466 e. The number of rotatable bonds is 9. The summed E-state index contributed by atoms with van der Waals surface area (Å²) in [5, 5.41) is 0.579. The smallest absolute Gasteiger partial charge is 0.307 e. The molecule has 0 saturated heterocycles. The van der Waals surface area contributed by atoms with Crippen molar-refractivity contribution in [1.29, 1.82) is 0 Å². The number of hydrogen-bond donors (Lipinski definition) is 0. The molecule has 0 radical (unpaired) electrons. The first-order valence-electron chi connectivity index (χ1n) is 7.39. The van der Waals surface area contributed by atoms with Crippen molar-refractivity contribution in [2.45, 2.75) is 26.7 Å². The normalized spacial score (nSPS) is 10.1. The lowest BCUT2D eigenvalue weighted by atomic mass is 10.2. The van der Waals surface area contributed by atoms with Gasteiger partial charge in [0.15, 0.2) is 0 Å². The molecule has 0 fully saturated rings. The number of anilines is 1. The quantitative estimate of drug-likeness (QED) is 0.652. The van der Waals surface area contributed by atoms with E-state index >= 15 is 0 Å². The highest BCUT2D eigenvalue weighted by molar-refractivity contribution is 6.33. The molecule has 22 heavy (non-hydrogen) atoms. The Balaban J connectivity index is 2.70. The molecule has 0 aromatic heterocycles. The van der Waals surface area contributed by atoms with Crippen LogP contribution in [0.4, 0.5) is 5.69 Å². The molecular formula is C16H22ClNO4. The van der Waals surface area contributed by atoms with Crippen molar-refractivity contribution in [3.8, 4) is 0 Å². The predicted octanol–water partition coefficient (Wildman–Crippen LogP) is 3.05. The first kappa shape index (κ1) is 18.3. The highest BCUT2D eigenvalue weighted by Gasteiger charge is 2.14. The Morgan fingerprint density at radius 3 is 1.95 bits per heavy atom. The van der Waals surface area contributed by atoms with E-state index in [-0.39, 0.29) is 24.8 Å². The van der Waals surface area contributed by atoms with E-state index in [2.05, 4.69) is 0 Å². The Morgan fingerprint density at radius 2 is 1.50 bits per heavy atom. The number of hydrogen-bond acceptors (Lipinski definition) is 5. The van der Waals surface area contributed by atoms with Gasteiger partial charge in [0.1, 0.15) is 0 Å². The van der Waals surface area contributed by atoms with Gasteiger partial charge in [-0.3, -0.25) is 9.59 Å². The molecule has 0 aliphatic heterocycles. The molecule has 1 rings (SSSR count). The number of carbonyl (C=O) groups is 2. The van der Waals surface area contributed by atoms with E-state index in [4.69, 9.17) is 21.1 Å². The molecule has 0 aliphatic carbocycles. The maximum absolute atomic E-state index is 11.5. The molecule has 1 aromatic rings. The highest BCUT2D eigenvalue weighted by Crippen LogP contribution is 2.25. The minimum atomic E-state index is -0.268. The molecule has 0 amide bonds. The number of halogens is 1. The summed E-state index contributed by atoms with van der Waals surface area (Å²) < 4.78 is 9.86. The van der Waals surface area contributed by atoms with Gasteiger partial charge < -0.3 is 14.4 Å². The van der Waals surface area contributed by atoms with E-state index in [9.17, 15) is 9.59 Å². The average molecular weight is 328 g/mol. The Bertz CT molecular complexity index is 471. The molecule has 0 spiro atoms. The van der Waals surface area contributed by atoms with Crippen molar-refractivity contribution in [3.05, 3.63) is 29.3 Å². The van der Waals surface area contributed by atoms with Gasteiger partial charge in [0, 0.05) is 13.1 Å². The second-order valence-corrected chi connectivity index (χ2v) is 4.96. The van der Waals surface area contributed by atoms with Gasteiger partial charge in [0.2, 0.25) is 0 Å². The van der Waals surface area contributed by atoms with Gasteiger partial charge in [-0.15, -0.1) is 0 Å². The molecule has 0 unspecified atom stereocenters. The third-order valence-corrected chi connectivity index (χ3v) is 3.30. The van der Waals surface area contributed by atoms with Gasteiger partial charge >= 0.3 is 11.9 Å². The Labute approximate surface area is 136 Å². The largest absolute Gasteiger partial charge is 0.466 e. The predicted molar refractivity (Wildman–Crippen MR) is 86.2 cm³/mol. The molecule has 0 bridgehead atoms. The highest BCUT2D eigenvalue weighted by atomic mass is 35.5. The summed E-state index contributed by atoms with van der Waals surface area (Å²) >= 11 is 6.20. The van der Waals surface area contributed by atoms with Gasteiger partial charge in [-0.25, -0.2) is 0 Å². The monoisotopic (exact) mass is 327 g/mol. The number of carbonyl (C=O) groups excluding carboxylic acids is 2. The van der Waals surface area contributed by atoms with E-state index in [0.29, 0.717) is 31.3 Å². The third-order valence-electron chi connectivity index (χ3n) is 2.98. The number of ether oxygens (including phenoxy) is 2. The Morgan fingerprint density at radius 1 is 1.00 bits per heavy atom. The molecule has 0 heterocycles. The van der Waals surface area contributed by atoms with Gasteiger partial charge in [-0.1, -0.05) is 23.7 Å². The van der Waals surface area contributed by atoms with Gasteiger partial charge in [-0.2, -0.15) is 0 Å². The van der Waals surface area contributed by atoms with Crippen molar-refractivity contribution >= 4 is 29.2 Å². The number of esters is 2. The summed E-state index contributed by atoms with van der Waals surface area (Å²) in [4.78, 5) is 25.0. The Kier molecular flexibility index (Phi) is 8.36. The van der Waals surface area contributed by atoms with Crippen molar-refractivity contribution in [2.75, 3.05) is 31.2 Å². The van der Waals surface area contributed by atoms with Crippen molar-refractivity contribution in [3.63, 3.8) is 0 Å². The summed E-state index contributed by atoms with van der Waals surface area (Å²) in [5.41, 5.74) is 0.790. The first-order valence-corrected chi connectivity index (χ1v) is 7.77. The SMILES string of the molecule is CCOC(=O)CCN(CCC(=O)OCC)c1ccccc1Cl. The molecule has 0 N–H and O–H groups in total. The molecule has 0 aliphatic rings. The van der Waals surface area contributed by atoms with Crippen LogP contribution in [0.15, 0.2) is 24.3 Å². The van der Waals surface area contributed by atoms with E-state index in [1.807, 2.05) is 23.1 Å². The lowest BCUT2D eigenvalue weighted by Gasteiger charge is -2.25. The first-order chi connectivity index (χ1) is 10.6. The van der Waals surface area contributed by atoms with Crippen molar-refractivity contribution < 1.29 is 19.1 Å². The standard InChI is InChI=1S/C16H22ClNO4/c1-3-21-15(19)9-11-18(12-10-16(20)22-4-2)14-8-6-5-7-13(14)17/h5-8H,3-4,9-12H2,1-2H3. The summed E-state index contributed by atoms with van der Waals surface area (Å²) in [6.45, 7) is 5.11. The number of benzene rings is 1. The lowest BCUT2D eigenvalue weighted by Crippen LogP contribution is -2.29. The van der Waals surface area contributed by atoms with E-state index < -0.39 is 0 Å². The maximum Gasteiger partial charge on any atom is 0.307 e. The van der Waals surface area contributed by atoms with Crippen LogP contribution >= 0.6 is 11.6 Å². The maximum atomic E-state index is 11.5. The van der Waals surface area contributed by atoms with Crippen LogP contribution in [0.1, 0.15) is 26.7 Å². The van der Waals surface area contributed by atoms with Crippen LogP contribution in [0.3, 0.4) is 0 Å². The third kappa shape index (κ3) is 6.35. The average Bonchev–Trinajstić information content (AvgIpc) is 2.49. The number of nitrogens with zero attached hydrogens (tertiary/aromatic N) is 1. The van der Waals surface area contributed by atoms with Crippen LogP contribution < -0.4 is 4.90 Å². The van der Waals surface area contributed by atoms with Crippen LogP contribution in [0.25, 0.3) is 0 Å². The van der Waals surface area contributed by atoms with E-state index in [0.717, 1.165) is 5.69 Å². The van der Waals surface area contributed by atoms with Crippen LogP contribution in [0, 0.1) is 0 Å². The summed E-state index contributed by atoms with van der Waals surface area (Å²) in [7, 11) is 0. The lowest BCUT2D eigenvalue weighted by molar-refractivity contribution is -0.143. The second-order valence-electron chi connectivity index (χ2n) is 4.55. The summed E-state index contributed by atoms with van der Waals surface area (Å²) in [6, 6.07) is 7.33. The van der Waals surface area contributed by atoms with E-state index in [1.165, 1.54) is 0 Å². The van der Waals surface area contributed by atoms with E-state index in [1.54, 1.807) is 19.9 Å². The number of para-hydroxylation sites is 1. The van der Waals surface area contributed by atoms with Gasteiger partial charge in [0.05, 0.1) is 36.8 Å². The summed E-state index contributed by atoms with van der Waals surface area (Å²) in [6.07, 6.45) is 0.476. The van der Waals surface area contributed by atoms with Crippen LogP contribution in [-0.2, 0) is 19.1 Å². The zero-order chi connectivity index (χ0) is 16.4. The molecule has 0 saturated carbocycles. The summed E-state index contributed by atoms with van der Waals surface area (Å²) in [5.74, 6) is -0.536.